The minimum absolute atomic E-state index is 0.105. The van der Waals surface area contributed by atoms with E-state index in [1.807, 2.05) is 47.2 Å². The Hall–Kier alpha value is -2.60. The lowest BCUT2D eigenvalue weighted by atomic mass is 9.96. The van der Waals surface area contributed by atoms with E-state index in [1.165, 1.54) is 5.56 Å². The van der Waals surface area contributed by atoms with Crippen molar-refractivity contribution in [3.63, 3.8) is 0 Å². The third kappa shape index (κ3) is 2.30. The molecule has 24 heavy (non-hydrogen) atoms. The number of ether oxygens (including phenoxy) is 1. The molecule has 122 valence electrons. The van der Waals surface area contributed by atoms with Gasteiger partial charge in [0, 0.05) is 12.1 Å². The molecule has 0 bridgehead atoms. The lowest BCUT2D eigenvalue weighted by Gasteiger charge is -2.21. The molecule has 0 fully saturated rings. The first-order chi connectivity index (χ1) is 11.7. The molecule has 6 heteroatoms. The maximum atomic E-state index is 11.6. The number of hydrogen-bond donors (Lipinski definition) is 1. The third-order valence-corrected chi connectivity index (χ3v) is 5.04. The fourth-order valence-electron chi connectivity index (χ4n) is 3.19. The number of rotatable bonds is 4. The topological polar surface area (TPSA) is 64.3 Å². The van der Waals surface area contributed by atoms with Crippen molar-refractivity contribution in [2.24, 2.45) is 0 Å². The van der Waals surface area contributed by atoms with Crippen molar-refractivity contribution < 1.29 is 14.6 Å². The van der Waals surface area contributed by atoms with Gasteiger partial charge < -0.3 is 14.4 Å². The van der Waals surface area contributed by atoms with Crippen molar-refractivity contribution in [2.75, 3.05) is 6.61 Å². The number of carboxylic acid groups (broad SMARTS) is 1. The third-order valence-electron chi connectivity index (χ3n) is 4.16. The summed E-state index contributed by atoms with van der Waals surface area (Å²) < 4.78 is 7.41. The highest BCUT2D eigenvalue weighted by Crippen LogP contribution is 2.40. The molecule has 3 heterocycles. The average molecular weight is 340 g/mol. The van der Waals surface area contributed by atoms with Gasteiger partial charge >= 0.3 is 5.97 Å². The largest absolute Gasteiger partial charge is 0.494 e. The van der Waals surface area contributed by atoms with Crippen LogP contribution in [-0.4, -0.2) is 27.2 Å². The van der Waals surface area contributed by atoms with Gasteiger partial charge in [-0.25, -0.2) is 9.78 Å². The van der Waals surface area contributed by atoms with Crippen LogP contribution in [0.5, 0.6) is 5.75 Å². The number of fused-ring (bicyclic) bond motifs is 3. The van der Waals surface area contributed by atoms with Gasteiger partial charge in [-0.1, -0.05) is 6.07 Å². The molecule has 0 amide bonds. The van der Waals surface area contributed by atoms with E-state index < -0.39 is 5.97 Å². The monoisotopic (exact) mass is 340 g/mol. The molecule has 0 unspecified atom stereocenters. The van der Waals surface area contributed by atoms with Gasteiger partial charge in [0.2, 0.25) is 5.82 Å². The van der Waals surface area contributed by atoms with E-state index in [9.17, 15) is 9.90 Å². The predicted molar refractivity (Wildman–Crippen MR) is 92.8 cm³/mol. The second kappa shape index (κ2) is 5.79. The molecule has 2 aromatic heterocycles. The van der Waals surface area contributed by atoms with Gasteiger partial charge in [0.25, 0.3) is 0 Å². The highest BCUT2D eigenvalue weighted by atomic mass is 32.1. The molecule has 1 N–H and O–H groups in total. The van der Waals surface area contributed by atoms with Crippen LogP contribution in [0.4, 0.5) is 0 Å². The zero-order valence-electron chi connectivity index (χ0n) is 13.2. The van der Waals surface area contributed by atoms with Gasteiger partial charge in [-0.15, -0.1) is 11.3 Å². The van der Waals surface area contributed by atoms with Gasteiger partial charge in [0.1, 0.15) is 11.4 Å². The van der Waals surface area contributed by atoms with Crippen LogP contribution in [0.3, 0.4) is 0 Å². The highest BCUT2D eigenvalue weighted by Gasteiger charge is 2.28. The molecule has 0 spiro atoms. The number of nitrogens with zero attached hydrogens (tertiary/aromatic N) is 2. The smallest absolute Gasteiger partial charge is 0.372 e. The normalized spacial score (nSPS) is 12.5. The summed E-state index contributed by atoms with van der Waals surface area (Å²) in [5, 5.41) is 11.5. The number of benzene rings is 1. The van der Waals surface area contributed by atoms with Gasteiger partial charge in [-0.2, -0.15) is 0 Å². The van der Waals surface area contributed by atoms with Crippen molar-refractivity contribution in [1.82, 2.24) is 9.55 Å². The number of aryl methyl sites for hydroxylation is 1. The fraction of sp³-hybridized carbons (Fsp3) is 0.222. The van der Waals surface area contributed by atoms with Gasteiger partial charge in [-0.3, -0.25) is 0 Å². The molecular weight excluding hydrogens is 324 g/mol. The van der Waals surface area contributed by atoms with Crippen LogP contribution < -0.4 is 4.74 Å². The molecule has 4 rings (SSSR count). The zero-order chi connectivity index (χ0) is 16.7. The fourth-order valence-corrected chi connectivity index (χ4v) is 3.90. The lowest BCUT2D eigenvalue weighted by molar-refractivity contribution is 0.0678. The Morgan fingerprint density at radius 1 is 1.42 bits per heavy atom. The molecule has 1 aromatic carbocycles. The minimum atomic E-state index is -0.992. The number of carboxylic acids is 1. The Bertz CT molecular complexity index is 913. The van der Waals surface area contributed by atoms with Gasteiger partial charge in [0.05, 0.1) is 17.2 Å². The molecule has 0 saturated carbocycles. The maximum absolute atomic E-state index is 11.6. The minimum Gasteiger partial charge on any atom is -0.494 e. The molecule has 0 radical (unpaired) electrons. The summed E-state index contributed by atoms with van der Waals surface area (Å²) >= 11 is 1.57. The summed E-state index contributed by atoms with van der Waals surface area (Å²) in [6, 6.07) is 9.92. The van der Waals surface area contributed by atoms with Crippen LogP contribution in [0.25, 0.3) is 21.8 Å². The first-order valence-corrected chi connectivity index (χ1v) is 8.70. The first-order valence-electron chi connectivity index (χ1n) is 7.83. The number of hydrogen-bond acceptors (Lipinski definition) is 4. The Morgan fingerprint density at radius 3 is 3.00 bits per heavy atom. The Balaban J connectivity index is 1.94. The molecule has 0 saturated heterocycles. The van der Waals surface area contributed by atoms with E-state index in [4.69, 9.17) is 4.74 Å². The van der Waals surface area contributed by atoms with Crippen LogP contribution in [0.1, 0.15) is 23.1 Å². The Kier molecular flexibility index (Phi) is 3.61. The van der Waals surface area contributed by atoms with Crippen LogP contribution in [0, 0.1) is 0 Å². The van der Waals surface area contributed by atoms with Crippen LogP contribution >= 0.6 is 11.3 Å². The van der Waals surface area contributed by atoms with Crippen molar-refractivity contribution in [3.8, 4) is 27.6 Å². The van der Waals surface area contributed by atoms with E-state index in [1.54, 1.807) is 11.3 Å². The first kappa shape index (κ1) is 15.0. The van der Waals surface area contributed by atoms with Crippen LogP contribution in [0.2, 0.25) is 0 Å². The quantitative estimate of drug-likeness (QED) is 0.781. The second-order valence-corrected chi connectivity index (χ2v) is 6.52. The molecule has 5 nitrogen and oxygen atoms in total. The summed E-state index contributed by atoms with van der Waals surface area (Å²) in [4.78, 5) is 17.0. The molecular formula is C18H16N2O3S. The Morgan fingerprint density at radius 2 is 2.29 bits per heavy atom. The second-order valence-electron chi connectivity index (χ2n) is 5.57. The van der Waals surface area contributed by atoms with Crippen molar-refractivity contribution in [1.29, 1.82) is 0 Å². The summed E-state index contributed by atoms with van der Waals surface area (Å²) in [6.07, 6.45) is 0.768. The van der Waals surface area contributed by atoms with Crippen molar-refractivity contribution >= 4 is 17.3 Å². The lowest BCUT2D eigenvalue weighted by Crippen LogP contribution is -2.16. The summed E-state index contributed by atoms with van der Waals surface area (Å²) in [5.74, 6) is -0.0401. The molecule has 0 atom stereocenters. The van der Waals surface area contributed by atoms with Gasteiger partial charge in [-0.05, 0) is 48.6 Å². The van der Waals surface area contributed by atoms with E-state index in [2.05, 4.69) is 4.98 Å². The van der Waals surface area contributed by atoms with Crippen molar-refractivity contribution in [2.45, 2.75) is 19.9 Å². The number of aromatic carboxylic acids is 1. The molecule has 3 aromatic rings. The highest BCUT2D eigenvalue weighted by molar-refractivity contribution is 7.13. The standard InChI is InChI=1S/C18H16N2O3S/c1-2-23-12-5-6-13-11(10-12)7-8-20-16(13)15(14-4-3-9-24-14)19-17(20)18(21)22/h3-6,9-10H,2,7-8H2,1H3,(H,21,22). The van der Waals surface area contributed by atoms with Crippen LogP contribution in [0.15, 0.2) is 35.7 Å². The van der Waals surface area contributed by atoms with E-state index in [0.717, 1.165) is 34.0 Å². The summed E-state index contributed by atoms with van der Waals surface area (Å²) in [6.45, 7) is 3.20. The summed E-state index contributed by atoms with van der Waals surface area (Å²) in [5.41, 5.74) is 3.84. The van der Waals surface area contributed by atoms with E-state index >= 15 is 0 Å². The predicted octanol–water partition coefficient (Wildman–Crippen LogP) is 3.93. The molecule has 0 aliphatic carbocycles. The average Bonchev–Trinajstić information content (AvgIpc) is 3.22. The number of carbonyl (C=O) groups is 1. The Labute approximate surface area is 143 Å². The molecule has 1 aliphatic heterocycles. The van der Waals surface area contributed by atoms with E-state index in [-0.39, 0.29) is 5.82 Å². The number of thiophene rings is 1. The van der Waals surface area contributed by atoms with E-state index in [0.29, 0.717) is 13.2 Å². The maximum Gasteiger partial charge on any atom is 0.372 e. The van der Waals surface area contributed by atoms with Gasteiger partial charge in [0.15, 0.2) is 0 Å². The van der Waals surface area contributed by atoms with Crippen LogP contribution in [-0.2, 0) is 13.0 Å². The SMILES string of the molecule is CCOc1ccc2c(c1)CCn1c(C(=O)O)nc(-c3cccs3)c1-2. The summed E-state index contributed by atoms with van der Waals surface area (Å²) in [7, 11) is 0. The number of imidazole rings is 1. The number of aromatic nitrogens is 2. The molecule has 1 aliphatic rings. The zero-order valence-corrected chi connectivity index (χ0v) is 14.0. The van der Waals surface area contributed by atoms with Crippen molar-refractivity contribution in [3.05, 3.63) is 47.1 Å².